The summed E-state index contributed by atoms with van der Waals surface area (Å²) in [6.07, 6.45) is 0. The van der Waals surface area contributed by atoms with Crippen LogP contribution in [0, 0.1) is 0 Å². The molecule has 4 rings (SSSR count). The lowest BCUT2D eigenvalue weighted by Crippen LogP contribution is -2.43. The van der Waals surface area contributed by atoms with E-state index in [0.29, 0.717) is 37.8 Å². The number of ketones is 1. The third-order valence-corrected chi connectivity index (χ3v) is 6.26. The molecule has 0 aromatic heterocycles. The van der Waals surface area contributed by atoms with Crippen molar-refractivity contribution in [3.63, 3.8) is 0 Å². The first-order valence-corrected chi connectivity index (χ1v) is 11.2. The average Bonchev–Trinajstić information content (AvgIpc) is 3.08. The monoisotopic (exact) mass is 434 g/mol. The minimum atomic E-state index is -0.613. The number of ether oxygens (including phenoxy) is 1. The summed E-state index contributed by atoms with van der Waals surface area (Å²) >= 11 is 0. The molecule has 6 nitrogen and oxygen atoms in total. The van der Waals surface area contributed by atoms with Crippen molar-refractivity contribution in [2.24, 2.45) is 0 Å². The number of nitrogens with zero attached hydrogens (tertiary/aromatic N) is 2. The van der Waals surface area contributed by atoms with E-state index in [9.17, 15) is 14.7 Å². The molecule has 1 atom stereocenters. The van der Waals surface area contributed by atoms with Crippen LogP contribution in [0.5, 0.6) is 0 Å². The summed E-state index contributed by atoms with van der Waals surface area (Å²) in [6, 6.07) is 16.2. The molecule has 2 aromatic carbocycles. The molecule has 0 radical (unpaired) electrons. The van der Waals surface area contributed by atoms with Crippen LogP contribution >= 0.6 is 0 Å². The van der Waals surface area contributed by atoms with E-state index in [4.69, 9.17) is 4.74 Å². The number of amides is 1. The van der Waals surface area contributed by atoms with Gasteiger partial charge in [-0.2, -0.15) is 0 Å². The van der Waals surface area contributed by atoms with Crippen LogP contribution in [0.15, 0.2) is 65.9 Å². The van der Waals surface area contributed by atoms with Crippen LogP contribution in [0.4, 0.5) is 0 Å². The second kappa shape index (κ2) is 9.67. The molecule has 6 heteroatoms. The van der Waals surface area contributed by atoms with Gasteiger partial charge < -0.3 is 14.7 Å². The lowest BCUT2D eigenvalue weighted by molar-refractivity contribution is -0.129. The number of aliphatic hydroxyl groups is 1. The Morgan fingerprint density at radius 2 is 1.69 bits per heavy atom. The molecule has 1 unspecified atom stereocenters. The quantitative estimate of drug-likeness (QED) is 0.673. The van der Waals surface area contributed by atoms with Crippen molar-refractivity contribution in [2.75, 3.05) is 39.4 Å². The second-order valence-corrected chi connectivity index (χ2v) is 8.63. The first kappa shape index (κ1) is 22.2. The molecule has 0 aliphatic carbocycles. The van der Waals surface area contributed by atoms with Crippen LogP contribution in [0.3, 0.4) is 0 Å². The molecule has 1 N–H and O–H groups in total. The van der Waals surface area contributed by atoms with Crippen molar-refractivity contribution in [2.45, 2.75) is 25.8 Å². The summed E-state index contributed by atoms with van der Waals surface area (Å²) in [7, 11) is 0. The first-order chi connectivity index (χ1) is 15.5. The van der Waals surface area contributed by atoms with Gasteiger partial charge in [-0.3, -0.25) is 14.5 Å². The Kier molecular flexibility index (Phi) is 6.72. The SMILES string of the molecule is CC(C)c1ccc(C2C(C(=O)c3ccccc3)=C(O)C(=O)N2CCN2CCOCC2)cc1. The van der Waals surface area contributed by atoms with Crippen molar-refractivity contribution in [1.82, 2.24) is 9.80 Å². The van der Waals surface area contributed by atoms with Crippen LogP contribution in [-0.4, -0.2) is 66.0 Å². The molecule has 2 heterocycles. The fraction of sp³-hybridized carbons (Fsp3) is 0.385. The molecular formula is C26H30N2O4. The Morgan fingerprint density at radius 1 is 1.03 bits per heavy atom. The normalized spacial score (nSPS) is 19.8. The number of aliphatic hydroxyl groups excluding tert-OH is 1. The van der Waals surface area contributed by atoms with Gasteiger partial charge in [-0.1, -0.05) is 68.4 Å². The molecule has 1 saturated heterocycles. The Bertz CT molecular complexity index is 992. The molecule has 0 saturated carbocycles. The number of hydrogen-bond donors (Lipinski definition) is 1. The summed E-state index contributed by atoms with van der Waals surface area (Å²) in [5, 5.41) is 10.8. The van der Waals surface area contributed by atoms with Crippen molar-refractivity contribution in [1.29, 1.82) is 0 Å². The van der Waals surface area contributed by atoms with E-state index in [1.807, 2.05) is 30.3 Å². The number of benzene rings is 2. The summed E-state index contributed by atoms with van der Waals surface area (Å²) in [6.45, 7) is 8.30. The molecule has 32 heavy (non-hydrogen) atoms. The second-order valence-electron chi connectivity index (χ2n) is 8.63. The maximum Gasteiger partial charge on any atom is 0.290 e. The minimum absolute atomic E-state index is 0.153. The molecule has 2 aromatic rings. The van der Waals surface area contributed by atoms with E-state index in [0.717, 1.165) is 18.7 Å². The van der Waals surface area contributed by atoms with Gasteiger partial charge in [0.25, 0.3) is 5.91 Å². The largest absolute Gasteiger partial charge is 0.503 e. The third-order valence-electron chi connectivity index (χ3n) is 6.26. The summed E-state index contributed by atoms with van der Waals surface area (Å²) in [4.78, 5) is 30.4. The fourth-order valence-corrected chi connectivity index (χ4v) is 4.34. The standard InChI is InChI=1S/C26H30N2O4/c1-18(2)19-8-10-20(11-9-19)23-22(24(29)21-6-4-3-5-7-21)25(30)26(31)28(23)13-12-27-14-16-32-17-15-27/h3-11,18,23,30H,12-17H2,1-2H3. The van der Waals surface area contributed by atoms with Gasteiger partial charge in [0, 0.05) is 31.7 Å². The number of rotatable bonds is 7. The fourth-order valence-electron chi connectivity index (χ4n) is 4.34. The Morgan fingerprint density at radius 3 is 2.31 bits per heavy atom. The van der Waals surface area contributed by atoms with Gasteiger partial charge in [0.05, 0.1) is 24.8 Å². The molecule has 0 spiro atoms. The molecular weight excluding hydrogens is 404 g/mol. The number of carbonyl (C=O) groups excluding carboxylic acids is 2. The zero-order valence-electron chi connectivity index (χ0n) is 18.7. The molecule has 1 fully saturated rings. The predicted octanol–water partition coefficient (Wildman–Crippen LogP) is 3.72. The van der Waals surface area contributed by atoms with E-state index in [1.165, 1.54) is 5.56 Å². The smallest absolute Gasteiger partial charge is 0.290 e. The highest BCUT2D eigenvalue weighted by molar-refractivity contribution is 6.16. The molecule has 1 amide bonds. The van der Waals surface area contributed by atoms with Crippen LogP contribution in [0.2, 0.25) is 0 Å². The number of hydrogen-bond acceptors (Lipinski definition) is 5. The van der Waals surface area contributed by atoms with Gasteiger partial charge in [0.2, 0.25) is 0 Å². The molecule has 2 aliphatic heterocycles. The van der Waals surface area contributed by atoms with Crippen molar-refractivity contribution < 1.29 is 19.4 Å². The lowest BCUT2D eigenvalue weighted by Gasteiger charge is -2.31. The number of Topliss-reactive ketones (excluding diaryl/α,β-unsaturated/α-hetero) is 1. The van der Waals surface area contributed by atoms with Gasteiger partial charge >= 0.3 is 0 Å². The summed E-state index contributed by atoms with van der Waals surface area (Å²) in [5.41, 5.74) is 2.62. The summed E-state index contributed by atoms with van der Waals surface area (Å²) in [5.74, 6) is -0.876. The number of morpholine rings is 1. The van der Waals surface area contributed by atoms with E-state index in [2.05, 4.69) is 18.7 Å². The highest BCUT2D eigenvalue weighted by Crippen LogP contribution is 2.39. The van der Waals surface area contributed by atoms with Gasteiger partial charge in [-0.15, -0.1) is 0 Å². The lowest BCUT2D eigenvalue weighted by atomic mass is 9.91. The van der Waals surface area contributed by atoms with Crippen molar-refractivity contribution >= 4 is 11.7 Å². The van der Waals surface area contributed by atoms with Crippen molar-refractivity contribution in [3.8, 4) is 0 Å². The highest BCUT2D eigenvalue weighted by atomic mass is 16.5. The Hall–Kier alpha value is -2.96. The van der Waals surface area contributed by atoms with Gasteiger partial charge in [0.15, 0.2) is 11.5 Å². The summed E-state index contributed by atoms with van der Waals surface area (Å²) < 4.78 is 5.41. The van der Waals surface area contributed by atoms with Crippen LogP contribution in [-0.2, 0) is 9.53 Å². The van der Waals surface area contributed by atoms with Crippen LogP contribution in [0.25, 0.3) is 0 Å². The molecule has 168 valence electrons. The zero-order chi connectivity index (χ0) is 22.7. The van der Waals surface area contributed by atoms with Gasteiger partial charge in [0.1, 0.15) is 0 Å². The van der Waals surface area contributed by atoms with Crippen molar-refractivity contribution in [3.05, 3.63) is 82.6 Å². The van der Waals surface area contributed by atoms with Gasteiger partial charge in [-0.25, -0.2) is 0 Å². The first-order valence-electron chi connectivity index (χ1n) is 11.2. The van der Waals surface area contributed by atoms with Crippen LogP contribution in [0.1, 0.15) is 47.3 Å². The van der Waals surface area contributed by atoms with E-state index < -0.39 is 17.7 Å². The Labute approximate surface area is 189 Å². The van der Waals surface area contributed by atoms with E-state index in [-0.39, 0.29) is 11.4 Å². The maximum absolute atomic E-state index is 13.4. The Balaban J connectivity index is 1.67. The third kappa shape index (κ3) is 4.47. The van der Waals surface area contributed by atoms with Gasteiger partial charge in [-0.05, 0) is 17.0 Å². The van der Waals surface area contributed by atoms with Crippen LogP contribution < -0.4 is 0 Å². The highest BCUT2D eigenvalue weighted by Gasteiger charge is 2.43. The molecule has 0 bridgehead atoms. The maximum atomic E-state index is 13.4. The molecule has 2 aliphatic rings. The topological polar surface area (TPSA) is 70.1 Å². The minimum Gasteiger partial charge on any atom is -0.503 e. The van der Waals surface area contributed by atoms with E-state index >= 15 is 0 Å². The predicted molar refractivity (Wildman–Crippen MR) is 123 cm³/mol. The average molecular weight is 435 g/mol. The van der Waals surface area contributed by atoms with E-state index in [1.54, 1.807) is 29.2 Å². The zero-order valence-corrected chi connectivity index (χ0v) is 18.7. The number of carbonyl (C=O) groups is 2.